The Balaban J connectivity index is 2.07. The number of hydrogen-bond donors (Lipinski definition) is 4. The summed E-state index contributed by atoms with van der Waals surface area (Å²) in [6.45, 7) is 8.82. The first kappa shape index (κ1) is 23.7. The van der Waals surface area contributed by atoms with Crippen LogP contribution in [0.25, 0.3) is 6.08 Å². The van der Waals surface area contributed by atoms with E-state index < -0.39 is 35.5 Å². The van der Waals surface area contributed by atoms with Crippen LogP contribution in [0.1, 0.15) is 53.0 Å². The lowest BCUT2D eigenvalue weighted by molar-refractivity contribution is -0.141. The smallest absolute Gasteiger partial charge is 0.408 e. The second kappa shape index (κ2) is 9.49. The molecule has 1 aromatic rings. The van der Waals surface area contributed by atoms with Crippen LogP contribution in [0.2, 0.25) is 0 Å². The number of carbonyl (C=O) groups is 2. The number of aliphatic hydroxyl groups excluding tert-OH is 1. The lowest BCUT2D eigenvalue weighted by atomic mass is 9.98. The van der Waals surface area contributed by atoms with Crippen LogP contribution in [0.5, 0.6) is 5.75 Å². The molecule has 1 aromatic carbocycles. The van der Waals surface area contributed by atoms with Crippen LogP contribution in [0.4, 0.5) is 4.79 Å². The van der Waals surface area contributed by atoms with Gasteiger partial charge in [-0.05, 0) is 47.1 Å². The molecule has 8 nitrogen and oxygen atoms in total. The van der Waals surface area contributed by atoms with E-state index in [-0.39, 0.29) is 6.42 Å². The zero-order valence-corrected chi connectivity index (χ0v) is 18.2. The highest BCUT2D eigenvalue weighted by Gasteiger charge is 2.34. The van der Waals surface area contributed by atoms with Gasteiger partial charge in [-0.3, -0.25) is 10.1 Å². The number of hydrogen-bond acceptors (Lipinski definition) is 6. The Morgan fingerprint density at radius 3 is 2.50 bits per heavy atom. The molecule has 0 fully saturated rings. The van der Waals surface area contributed by atoms with E-state index in [1.165, 1.54) is 0 Å². The number of nitrogens with one attached hydrogen (secondary N) is 2. The van der Waals surface area contributed by atoms with Crippen LogP contribution in [0, 0.1) is 0 Å². The summed E-state index contributed by atoms with van der Waals surface area (Å²) in [5.41, 5.74) is -0.0673. The molecule has 0 spiro atoms. The minimum atomic E-state index is -1.32. The van der Waals surface area contributed by atoms with Crippen LogP contribution in [-0.2, 0) is 9.53 Å². The number of para-hydroxylation sites is 1. The fourth-order valence-corrected chi connectivity index (χ4v) is 2.99. The number of ether oxygens (including phenoxy) is 2. The van der Waals surface area contributed by atoms with Crippen molar-refractivity contribution < 1.29 is 29.3 Å². The lowest BCUT2D eigenvalue weighted by Gasteiger charge is -2.34. The minimum Gasteiger partial charge on any atom is -0.493 e. The van der Waals surface area contributed by atoms with Crippen LogP contribution in [-0.4, -0.2) is 52.3 Å². The largest absolute Gasteiger partial charge is 0.493 e. The van der Waals surface area contributed by atoms with E-state index >= 15 is 0 Å². The molecule has 0 aromatic heterocycles. The third kappa shape index (κ3) is 7.03. The molecule has 4 N–H and O–H groups in total. The topological polar surface area (TPSA) is 117 Å². The molecule has 0 saturated heterocycles. The third-order valence-electron chi connectivity index (χ3n) is 4.59. The average Bonchev–Trinajstić information content (AvgIpc) is 2.80. The Bertz CT molecular complexity index is 797. The van der Waals surface area contributed by atoms with Crippen molar-refractivity contribution >= 4 is 18.1 Å². The highest BCUT2D eigenvalue weighted by molar-refractivity contribution is 5.75. The van der Waals surface area contributed by atoms with Gasteiger partial charge in [0, 0.05) is 12.0 Å². The van der Waals surface area contributed by atoms with Crippen molar-refractivity contribution in [2.45, 2.75) is 70.9 Å². The Morgan fingerprint density at radius 1 is 1.20 bits per heavy atom. The van der Waals surface area contributed by atoms with Crippen LogP contribution in [0.3, 0.4) is 0 Å². The number of aliphatic hydroxyl groups is 1. The van der Waals surface area contributed by atoms with Crippen molar-refractivity contribution in [2.24, 2.45) is 0 Å². The van der Waals surface area contributed by atoms with Crippen LogP contribution in [0.15, 0.2) is 29.8 Å². The van der Waals surface area contributed by atoms with Crippen molar-refractivity contribution in [3.8, 4) is 5.75 Å². The first-order valence-corrected chi connectivity index (χ1v) is 9.97. The lowest BCUT2D eigenvalue weighted by Crippen LogP contribution is -2.61. The first-order chi connectivity index (χ1) is 13.9. The number of fused-ring (bicyclic) bond motifs is 1. The number of carbonyl (C=O) groups excluding carboxylic acids is 1. The van der Waals surface area contributed by atoms with E-state index in [4.69, 9.17) is 9.47 Å². The maximum Gasteiger partial charge on any atom is 0.408 e. The summed E-state index contributed by atoms with van der Waals surface area (Å²) in [6, 6.07) is 6.51. The summed E-state index contributed by atoms with van der Waals surface area (Å²) in [5.74, 6) is -0.337. The number of carboxylic acids is 1. The van der Waals surface area contributed by atoms with Crippen LogP contribution >= 0.6 is 0 Å². The maximum atomic E-state index is 12.1. The number of rotatable bonds is 7. The fraction of sp³-hybridized carbons (Fsp3) is 0.545. The molecule has 0 bridgehead atoms. The molecule has 2 unspecified atom stereocenters. The van der Waals surface area contributed by atoms with Gasteiger partial charge in [-0.2, -0.15) is 0 Å². The molecule has 0 aliphatic carbocycles. The van der Waals surface area contributed by atoms with Gasteiger partial charge in [0.15, 0.2) is 0 Å². The zero-order chi connectivity index (χ0) is 22.5. The minimum absolute atomic E-state index is 0.187. The molecule has 2 atom stereocenters. The first-order valence-electron chi connectivity index (χ1n) is 9.97. The van der Waals surface area contributed by atoms with E-state index in [2.05, 4.69) is 10.6 Å². The fourth-order valence-electron chi connectivity index (χ4n) is 2.99. The zero-order valence-electron chi connectivity index (χ0n) is 18.2. The van der Waals surface area contributed by atoms with Gasteiger partial charge in [-0.1, -0.05) is 29.8 Å². The van der Waals surface area contributed by atoms with Gasteiger partial charge in [-0.15, -0.1) is 0 Å². The second-order valence-electron chi connectivity index (χ2n) is 8.95. The summed E-state index contributed by atoms with van der Waals surface area (Å²) in [5, 5.41) is 25.6. The van der Waals surface area contributed by atoms with Crippen molar-refractivity contribution in [1.29, 1.82) is 0 Å². The summed E-state index contributed by atoms with van der Waals surface area (Å²) in [6.07, 6.45) is 0.681. The number of carboxylic acid groups (broad SMARTS) is 1. The number of aliphatic carboxylic acids is 1. The summed E-state index contributed by atoms with van der Waals surface area (Å²) in [4.78, 5) is 23.9. The summed E-state index contributed by atoms with van der Waals surface area (Å²) < 4.78 is 10.9. The monoisotopic (exact) mass is 420 g/mol. The molecule has 1 aliphatic rings. The highest BCUT2D eigenvalue weighted by Crippen LogP contribution is 2.27. The summed E-state index contributed by atoms with van der Waals surface area (Å²) in [7, 11) is 0. The second-order valence-corrected chi connectivity index (χ2v) is 8.95. The normalized spacial score (nSPS) is 16.3. The Hall–Kier alpha value is -2.58. The molecular weight excluding hydrogens is 388 g/mol. The van der Waals surface area contributed by atoms with Gasteiger partial charge >= 0.3 is 12.1 Å². The van der Waals surface area contributed by atoms with Crippen molar-refractivity contribution in [2.75, 3.05) is 6.61 Å². The van der Waals surface area contributed by atoms with Crippen molar-refractivity contribution in [3.63, 3.8) is 0 Å². The van der Waals surface area contributed by atoms with Gasteiger partial charge in [0.05, 0.1) is 12.1 Å². The molecule has 1 amide bonds. The average molecular weight is 421 g/mol. The Labute approximate surface area is 177 Å². The van der Waals surface area contributed by atoms with E-state index in [9.17, 15) is 19.8 Å². The van der Waals surface area contributed by atoms with Crippen molar-refractivity contribution in [3.05, 3.63) is 35.4 Å². The van der Waals surface area contributed by atoms with E-state index in [0.29, 0.717) is 13.0 Å². The molecule has 8 heteroatoms. The number of amides is 1. The van der Waals surface area contributed by atoms with Gasteiger partial charge < -0.3 is 25.0 Å². The molecule has 166 valence electrons. The third-order valence-corrected chi connectivity index (χ3v) is 4.59. The highest BCUT2D eigenvalue weighted by atomic mass is 16.6. The van der Waals surface area contributed by atoms with Gasteiger partial charge in [-0.25, -0.2) is 4.79 Å². The number of alkyl carbamates (subject to hydrolysis) is 1. The molecule has 0 saturated carbocycles. The Morgan fingerprint density at radius 2 is 1.87 bits per heavy atom. The predicted octanol–water partition coefficient (Wildman–Crippen LogP) is 2.91. The standard InChI is InChI=1S/C22H32N2O6/c1-21(2,3)30-20(28)24-22(4,5)19(27)23-16(18(25)26)13-14-10-11-29-17-9-7-6-8-15(17)12-14/h6-9,12,16,19,23,27H,10-11,13H2,1-5H3,(H,24,28)(H,25,26). The summed E-state index contributed by atoms with van der Waals surface area (Å²) >= 11 is 0. The van der Waals surface area contributed by atoms with Crippen LogP contribution < -0.4 is 15.4 Å². The predicted molar refractivity (Wildman–Crippen MR) is 113 cm³/mol. The maximum absolute atomic E-state index is 12.1. The molecule has 30 heavy (non-hydrogen) atoms. The van der Waals surface area contributed by atoms with E-state index in [0.717, 1.165) is 16.9 Å². The number of benzene rings is 1. The molecule has 2 rings (SSSR count). The van der Waals surface area contributed by atoms with Crippen molar-refractivity contribution in [1.82, 2.24) is 10.6 Å². The Kier molecular flexibility index (Phi) is 7.49. The van der Waals surface area contributed by atoms with Gasteiger partial charge in [0.1, 0.15) is 23.6 Å². The van der Waals surface area contributed by atoms with E-state index in [1.54, 1.807) is 34.6 Å². The van der Waals surface area contributed by atoms with E-state index in [1.807, 2.05) is 30.3 Å². The quantitative estimate of drug-likeness (QED) is 0.501. The molecular formula is C22H32N2O6. The molecule has 0 radical (unpaired) electrons. The SMILES string of the molecule is CC(C)(C)OC(=O)NC(C)(C)C(O)NC(CC1=Cc2ccccc2OCC1)C(=O)O. The van der Waals surface area contributed by atoms with Gasteiger partial charge in [0.2, 0.25) is 0 Å². The molecule has 1 heterocycles. The molecule has 1 aliphatic heterocycles. The van der Waals surface area contributed by atoms with Gasteiger partial charge in [0.25, 0.3) is 0 Å².